The molecule has 1 fully saturated rings. The lowest BCUT2D eigenvalue weighted by atomic mass is 10.2. The molecule has 2 aromatic rings. The molecule has 1 amide bonds. The van der Waals surface area contributed by atoms with Gasteiger partial charge in [0.1, 0.15) is 12.2 Å². The second-order valence-electron chi connectivity index (χ2n) is 6.03. The molecule has 0 aromatic carbocycles. The summed E-state index contributed by atoms with van der Waals surface area (Å²) in [7, 11) is 0. The molecule has 5 heteroatoms. The first-order valence-electron chi connectivity index (χ1n) is 7.59. The normalized spacial score (nSPS) is 14.8. The van der Waals surface area contributed by atoms with Gasteiger partial charge in [0.15, 0.2) is 0 Å². The molecule has 0 saturated heterocycles. The van der Waals surface area contributed by atoms with Gasteiger partial charge in [-0.15, -0.1) is 0 Å². The molecule has 1 aliphatic rings. The van der Waals surface area contributed by atoms with E-state index in [1.165, 1.54) is 5.56 Å². The molecule has 0 bridgehead atoms. The van der Waals surface area contributed by atoms with Crippen LogP contribution in [0.3, 0.4) is 0 Å². The van der Waals surface area contributed by atoms with Crippen molar-refractivity contribution in [3.8, 4) is 0 Å². The van der Waals surface area contributed by atoms with Gasteiger partial charge in [-0.1, -0.05) is 13.8 Å². The maximum Gasteiger partial charge on any atom is 0.240 e. The molecule has 5 nitrogen and oxygen atoms in total. The summed E-state index contributed by atoms with van der Waals surface area (Å²) in [5.74, 6) is 0.0726. The highest BCUT2D eigenvalue weighted by Crippen LogP contribution is 2.21. The number of hydrogen-bond donors (Lipinski definition) is 2. The Hall–Kier alpha value is -1.88. The summed E-state index contributed by atoms with van der Waals surface area (Å²) in [5, 5.41) is 7.56. The van der Waals surface area contributed by atoms with E-state index in [1.54, 1.807) is 6.20 Å². The van der Waals surface area contributed by atoms with Crippen LogP contribution in [0.15, 0.2) is 24.5 Å². The Morgan fingerprint density at radius 1 is 1.48 bits per heavy atom. The predicted molar refractivity (Wildman–Crippen MR) is 82.9 cm³/mol. The average Bonchev–Trinajstić information content (AvgIpc) is 3.19. The number of nitrogens with zero attached hydrogens (tertiary/aromatic N) is 2. The SMILES string of the molecule is CC(C)NCc1cn(CC(=O)NC2CC2)c2ncccc12. The molecule has 1 aliphatic carbocycles. The first kappa shape index (κ1) is 14.1. The van der Waals surface area contributed by atoms with Crippen molar-refractivity contribution in [3.05, 3.63) is 30.1 Å². The standard InChI is InChI=1S/C16H22N4O/c1-11(2)18-8-12-9-20(10-15(21)19-13-5-6-13)16-14(12)4-3-7-17-16/h3-4,7,9,11,13,18H,5-6,8,10H2,1-2H3,(H,19,21). The lowest BCUT2D eigenvalue weighted by Gasteiger charge is -2.06. The minimum Gasteiger partial charge on any atom is -0.352 e. The number of fused-ring (bicyclic) bond motifs is 1. The fraction of sp³-hybridized carbons (Fsp3) is 0.500. The number of amides is 1. The van der Waals surface area contributed by atoms with E-state index in [1.807, 2.05) is 16.8 Å². The fourth-order valence-electron chi connectivity index (χ4n) is 2.43. The van der Waals surface area contributed by atoms with E-state index in [0.29, 0.717) is 18.6 Å². The molecule has 2 heterocycles. The zero-order valence-electron chi connectivity index (χ0n) is 12.6. The molecular weight excluding hydrogens is 264 g/mol. The summed E-state index contributed by atoms with van der Waals surface area (Å²) in [6.07, 6.45) is 6.04. The van der Waals surface area contributed by atoms with Crippen LogP contribution in [0.4, 0.5) is 0 Å². The van der Waals surface area contributed by atoms with Crippen molar-refractivity contribution in [3.63, 3.8) is 0 Å². The smallest absolute Gasteiger partial charge is 0.240 e. The quantitative estimate of drug-likeness (QED) is 0.851. The molecular formula is C16H22N4O. The number of aromatic nitrogens is 2. The van der Waals surface area contributed by atoms with Gasteiger partial charge in [-0.05, 0) is 30.5 Å². The van der Waals surface area contributed by atoms with Crippen molar-refractivity contribution >= 4 is 16.9 Å². The Labute approximate surface area is 124 Å². The molecule has 1 saturated carbocycles. The summed E-state index contributed by atoms with van der Waals surface area (Å²) in [6.45, 7) is 5.38. The summed E-state index contributed by atoms with van der Waals surface area (Å²) >= 11 is 0. The Kier molecular flexibility index (Phi) is 3.92. The van der Waals surface area contributed by atoms with E-state index in [0.717, 1.165) is 30.4 Å². The molecule has 2 N–H and O–H groups in total. The van der Waals surface area contributed by atoms with Gasteiger partial charge < -0.3 is 15.2 Å². The molecule has 2 aromatic heterocycles. The van der Waals surface area contributed by atoms with Gasteiger partial charge in [0.25, 0.3) is 0 Å². The third kappa shape index (κ3) is 3.42. The number of carbonyl (C=O) groups is 1. The van der Waals surface area contributed by atoms with Crippen LogP contribution in [0.1, 0.15) is 32.3 Å². The number of hydrogen-bond acceptors (Lipinski definition) is 3. The third-order valence-corrected chi connectivity index (χ3v) is 3.67. The van der Waals surface area contributed by atoms with Crippen molar-refractivity contribution in [2.75, 3.05) is 0 Å². The van der Waals surface area contributed by atoms with Crippen LogP contribution in [0.2, 0.25) is 0 Å². The minimum atomic E-state index is 0.0726. The Bertz CT molecular complexity index is 643. The van der Waals surface area contributed by atoms with Crippen LogP contribution < -0.4 is 10.6 Å². The van der Waals surface area contributed by atoms with Gasteiger partial charge in [0.2, 0.25) is 5.91 Å². The monoisotopic (exact) mass is 286 g/mol. The predicted octanol–water partition coefficient (Wildman–Crippen LogP) is 1.81. The van der Waals surface area contributed by atoms with Crippen LogP contribution in [0, 0.1) is 0 Å². The van der Waals surface area contributed by atoms with Crippen molar-refractivity contribution in [1.29, 1.82) is 0 Å². The minimum absolute atomic E-state index is 0.0726. The van der Waals surface area contributed by atoms with E-state index in [2.05, 4.69) is 35.5 Å². The van der Waals surface area contributed by atoms with Crippen LogP contribution in [-0.4, -0.2) is 27.5 Å². The first-order chi connectivity index (χ1) is 10.1. The zero-order valence-corrected chi connectivity index (χ0v) is 12.6. The van der Waals surface area contributed by atoms with Crippen molar-refractivity contribution < 1.29 is 4.79 Å². The largest absolute Gasteiger partial charge is 0.352 e. The second kappa shape index (κ2) is 5.85. The van der Waals surface area contributed by atoms with Gasteiger partial charge in [-0.25, -0.2) is 4.98 Å². The van der Waals surface area contributed by atoms with E-state index in [9.17, 15) is 4.79 Å². The highest BCUT2D eigenvalue weighted by Gasteiger charge is 2.23. The Morgan fingerprint density at radius 3 is 3.00 bits per heavy atom. The summed E-state index contributed by atoms with van der Waals surface area (Å²) in [6, 6.07) is 4.83. The summed E-state index contributed by atoms with van der Waals surface area (Å²) < 4.78 is 1.95. The molecule has 0 aliphatic heterocycles. The molecule has 0 radical (unpaired) electrons. The first-order valence-corrected chi connectivity index (χ1v) is 7.59. The molecule has 0 atom stereocenters. The van der Waals surface area contributed by atoms with Crippen LogP contribution >= 0.6 is 0 Å². The zero-order chi connectivity index (χ0) is 14.8. The maximum atomic E-state index is 12.0. The van der Waals surface area contributed by atoms with Crippen molar-refractivity contribution in [1.82, 2.24) is 20.2 Å². The molecule has 0 unspecified atom stereocenters. The summed E-state index contributed by atoms with van der Waals surface area (Å²) in [4.78, 5) is 16.4. The highest BCUT2D eigenvalue weighted by molar-refractivity contribution is 5.83. The van der Waals surface area contributed by atoms with Crippen molar-refractivity contribution in [2.45, 2.75) is 51.9 Å². The number of pyridine rings is 1. The van der Waals surface area contributed by atoms with Gasteiger partial charge >= 0.3 is 0 Å². The van der Waals surface area contributed by atoms with E-state index in [4.69, 9.17) is 0 Å². The Balaban J connectivity index is 1.81. The number of nitrogens with one attached hydrogen (secondary N) is 2. The van der Waals surface area contributed by atoms with Gasteiger partial charge in [0, 0.05) is 36.4 Å². The average molecular weight is 286 g/mol. The number of rotatable bonds is 6. The van der Waals surface area contributed by atoms with Crippen LogP contribution in [0.5, 0.6) is 0 Å². The summed E-state index contributed by atoms with van der Waals surface area (Å²) in [5.41, 5.74) is 2.06. The molecule has 3 rings (SSSR count). The third-order valence-electron chi connectivity index (χ3n) is 3.67. The van der Waals surface area contributed by atoms with Crippen molar-refractivity contribution in [2.24, 2.45) is 0 Å². The lowest BCUT2D eigenvalue weighted by Crippen LogP contribution is -2.29. The maximum absolute atomic E-state index is 12.0. The fourth-order valence-corrected chi connectivity index (χ4v) is 2.43. The van der Waals surface area contributed by atoms with Gasteiger partial charge in [-0.2, -0.15) is 0 Å². The van der Waals surface area contributed by atoms with Gasteiger partial charge in [0.05, 0.1) is 0 Å². The van der Waals surface area contributed by atoms with E-state index < -0.39 is 0 Å². The number of carbonyl (C=O) groups excluding carboxylic acids is 1. The molecule has 0 spiro atoms. The highest BCUT2D eigenvalue weighted by atomic mass is 16.2. The molecule has 21 heavy (non-hydrogen) atoms. The Morgan fingerprint density at radius 2 is 2.29 bits per heavy atom. The topological polar surface area (TPSA) is 59.0 Å². The molecule has 112 valence electrons. The second-order valence-corrected chi connectivity index (χ2v) is 6.03. The van der Waals surface area contributed by atoms with E-state index >= 15 is 0 Å². The van der Waals surface area contributed by atoms with Gasteiger partial charge in [-0.3, -0.25) is 4.79 Å². The van der Waals surface area contributed by atoms with E-state index in [-0.39, 0.29) is 5.91 Å². The lowest BCUT2D eigenvalue weighted by molar-refractivity contribution is -0.121. The van der Waals surface area contributed by atoms with Crippen LogP contribution in [0.25, 0.3) is 11.0 Å². The van der Waals surface area contributed by atoms with Crippen LogP contribution in [-0.2, 0) is 17.9 Å².